The van der Waals surface area contributed by atoms with Crippen molar-refractivity contribution in [2.75, 3.05) is 0 Å². The van der Waals surface area contributed by atoms with Crippen LogP contribution in [0.1, 0.15) is 23.7 Å². The number of aromatic amines is 1. The van der Waals surface area contributed by atoms with Crippen LogP contribution in [0.25, 0.3) is 0 Å². The zero-order valence-electron chi connectivity index (χ0n) is 9.15. The molecule has 0 radical (unpaired) electrons. The lowest BCUT2D eigenvalue weighted by atomic mass is 10.4. The molecule has 0 fully saturated rings. The third-order valence-electron chi connectivity index (χ3n) is 2.04. The Morgan fingerprint density at radius 3 is 2.89 bits per heavy atom. The molecule has 0 bridgehead atoms. The molecule has 18 heavy (non-hydrogen) atoms. The van der Waals surface area contributed by atoms with Crippen LogP contribution >= 0.6 is 11.3 Å². The van der Waals surface area contributed by atoms with Gasteiger partial charge in [-0.05, 0) is 19.1 Å². The van der Waals surface area contributed by atoms with Crippen molar-refractivity contribution in [3.63, 3.8) is 0 Å². The SMILES string of the molecule is CC(NS(=O)(=O)c1ccc(C#N)s1)c1nn[nH]n1. The molecule has 2 aromatic heterocycles. The van der Waals surface area contributed by atoms with Gasteiger partial charge < -0.3 is 0 Å². The number of nitrogens with one attached hydrogen (secondary N) is 2. The molecule has 2 aromatic rings. The molecule has 8 nitrogen and oxygen atoms in total. The predicted molar refractivity (Wildman–Crippen MR) is 61.9 cm³/mol. The fraction of sp³-hybridized carbons (Fsp3) is 0.250. The number of aromatic nitrogens is 4. The summed E-state index contributed by atoms with van der Waals surface area (Å²) in [4.78, 5) is 0.336. The molecule has 0 saturated heterocycles. The second kappa shape index (κ2) is 4.81. The van der Waals surface area contributed by atoms with Crippen molar-refractivity contribution >= 4 is 21.4 Å². The zero-order chi connectivity index (χ0) is 13.2. The van der Waals surface area contributed by atoms with Crippen LogP contribution in [0.3, 0.4) is 0 Å². The van der Waals surface area contributed by atoms with E-state index in [2.05, 4.69) is 25.3 Å². The van der Waals surface area contributed by atoms with Crippen molar-refractivity contribution in [3.8, 4) is 6.07 Å². The molecular weight excluding hydrogens is 276 g/mol. The highest BCUT2D eigenvalue weighted by Crippen LogP contribution is 2.22. The number of H-pyrrole nitrogens is 1. The average Bonchev–Trinajstić information content (AvgIpc) is 3.00. The summed E-state index contributed by atoms with van der Waals surface area (Å²) < 4.78 is 26.4. The molecule has 2 N–H and O–H groups in total. The Morgan fingerprint density at radius 1 is 1.56 bits per heavy atom. The maximum Gasteiger partial charge on any atom is 0.250 e. The smallest absolute Gasteiger partial charge is 0.206 e. The average molecular weight is 284 g/mol. The molecule has 0 amide bonds. The topological polar surface area (TPSA) is 124 Å². The lowest BCUT2D eigenvalue weighted by molar-refractivity contribution is 0.562. The van der Waals surface area contributed by atoms with E-state index in [0.29, 0.717) is 4.88 Å². The van der Waals surface area contributed by atoms with E-state index < -0.39 is 16.1 Å². The van der Waals surface area contributed by atoms with E-state index in [4.69, 9.17) is 5.26 Å². The second-order valence-electron chi connectivity index (χ2n) is 3.34. The maximum absolute atomic E-state index is 12.0. The van der Waals surface area contributed by atoms with Crippen molar-refractivity contribution in [2.24, 2.45) is 0 Å². The Hall–Kier alpha value is -1.83. The van der Waals surface area contributed by atoms with Gasteiger partial charge in [0.25, 0.3) is 10.0 Å². The third-order valence-corrected chi connectivity index (χ3v) is 5.06. The number of rotatable bonds is 4. The Labute approximate surface area is 107 Å². The van der Waals surface area contributed by atoms with Gasteiger partial charge >= 0.3 is 0 Å². The maximum atomic E-state index is 12.0. The summed E-state index contributed by atoms with van der Waals surface area (Å²) >= 11 is 0.903. The molecule has 1 unspecified atom stereocenters. The highest BCUT2D eigenvalue weighted by Gasteiger charge is 2.22. The molecule has 94 valence electrons. The minimum Gasteiger partial charge on any atom is -0.206 e. The van der Waals surface area contributed by atoms with Crippen LogP contribution in [0.15, 0.2) is 16.3 Å². The number of sulfonamides is 1. The molecular formula is C8H8N6O2S2. The van der Waals surface area contributed by atoms with Gasteiger partial charge in [0, 0.05) is 0 Å². The van der Waals surface area contributed by atoms with E-state index >= 15 is 0 Å². The molecule has 0 aliphatic rings. The number of tetrazole rings is 1. The summed E-state index contributed by atoms with van der Waals surface area (Å²) in [6.45, 7) is 1.60. The molecule has 0 aliphatic heterocycles. The first-order chi connectivity index (χ1) is 8.53. The Morgan fingerprint density at radius 2 is 2.33 bits per heavy atom. The van der Waals surface area contributed by atoms with Gasteiger partial charge in [-0.2, -0.15) is 15.2 Å². The summed E-state index contributed by atoms with van der Waals surface area (Å²) in [7, 11) is -3.68. The van der Waals surface area contributed by atoms with Crippen LogP contribution in [-0.4, -0.2) is 29.0 Å². The fourth-order valence-corrected chi connectivity index (χ4v) is 3.54. The minimum absolute atomic E-state index is 0.0781. The normalized spacial score (nSPS) is 13.1. The van der Waals surface area contributed by atoms with Gasteiger partial charge in [-0.15, -0.1) is 21.5 Å². The quantitative estimate of drug-likeness (QED) is 0.824. The standard InChI is InChI=1S/C8H8N6O2S2/c1-5(8-10-13-14-11-8)12-18(15,16)7-3-2-6(4-9)17-7/h2-3,5,12H,1H3,(H,10,11,13,14). The number of nitrogens with zero attached hydrogens (tertiary/aromatic N) is 4. The van der Waals surface area contributed by atoms with Gasteiger partial charge in [0.15, 0.2) is 5.82 Å². The van der Waals surface area contributed by atoms with E-state index in [1.165, 1.54) is 12.1 Å². The molecule has 1 atom stereocenters. The van der Waals surface area contributed by atoms with Crippen molar-refractivity contribution in [1.29, 1.82) is 5.26 Å². The van der Waals surface area contributed by atoms with Crippen LogP contribution in [0.4, 0.5) is 0 Å². The van der Waals surface area contributed by atoms with Gasteiger partial charge in [0.05, 0.1) is 6.04 Å². The Kier molecular flexibility index (Phi) is 3.37. The van der Waals surface area contributed by atoms with E-state index in [1.807, 2.05) is 6.07 Å². The Balaban J connectivity index is 2.20. The van der Waals surface area contributed by atoms with Crippen LogP contribution in [-0.2, 0) is 10.0 Å². The zero-order valence-corrected chi connectivity index (χ0v) is 10.8. The van der Waals surface area contributed by atoms with Gasteiger partial charge in [-0.3, -0.25) is 0 Å². The highest BCUT2D eigenvalue weighted by molar-refractivity contribution is 7.91. The molecule has 0 aromatic carbocycles. The largest absolute Gasteiger partial charge is 0.250 e. The van der Waals surface area contributed by atoms with Crippen molar-refractivity contribution in [1.82, 2.24) is 25.3 Å². The third kappa shape index (κ3) is 2.53. The van der Waals surface area contributed by atoms with Crippen molar-refractivity contribution in [3.05, 3.63) is 22.8 Å². The summed E-state index contributed by atoms with van der Waals surface area (Å²) in [5.74, 6) is 0.246. The first-order valence-corrected chi connectivity index (χ1v) is 7.08. The minimum atomic E-state index is -3.68. The highest BCUT2D eigenvalue weighted by atomic mass is 32.2. The van der Waals surface area contributed by atoms with Gasteiger partial charge in [0.2, 0.25) is 0 Å². The van der Waals surface area contributed by atoms with E-state index in [1.54, 1.807) is 6.92 Å². The van der Waals surface area contributed by atoms with E-state index in [9.17, 15) is 8.42 Å². The summed E-state index contributed by atoms with van der Waals surface area (Å²) in [5.41, 5.74) is 0. The molecule has 2 heterocycles. The summed E-state index contributed by atoms with van der Waals surface area (Å²) in [5, 5.41) is 21.6. The second-order valence-corrected chi connectivity index (χ2v) is 6.37. The van der Waals surface area contributed by atoms with Crippen LogP contribution < -0.4 is 4.72 Å². The van der Waals surface area contributed by atoms with Gasteiger partial charge in [-0.25, -0.2) is 8.42 Å². The summed E-state index contributed by atoms with van der Waals surface area (Å²) in [6, 6.07) is 4.12. The van der Waals surface area contributed by atoms with Crippen LogP contribution in [0.5, 0.6) is 0 Å². The van der Waals surface area contributed by atoms with Crippen LogP contribution in [0, 0.1) is 11.3 Å². The van der Waals surface area contributed by atoms with Gasteiger partial charge in [0.1, 0.15) is 15.2 Å². The number of thiophene rings is 1. The molecule has 10 heteroatoms. The van der Waals surface area contributed by atoms with Gasteiger partial charge in [-0.1, -0.05) is 5.21 Å². The Bertz CT molecular complexity index is 669. The number of hydrogen-bond donors (Lipinski definition) is 2. The molecule has 0 aliphatic carbocycles. The first kappa shape index (κ1) is 12.6. The van der Waals surface area contributed by atoms with Crippen molar-refractivity contribution < 1.29 is 8.42 Å². The molecule has 0 spiro atoms. The lowest BCUT2D eigenvalue weighted by Crippen LogP contribution is -2.27. The lowest BCUT2D eigenvalue weighted by Gasteiger charge is -2.08. The summed E-state index contributed by atoms with van der Waals surface area (Å²) in [6.07, 6.45) is 0. The number of hydrogen-bond acceptors (Lipinski definition) is 7. The monoisotopic (exact) mass is 284 g/mol. The molecule has 2 rings (SSSR count). The van der Waals surface area contributed by atoms with Crippen molar-refractivity contribution in [2.45, 2.75) is 17.2 Å². The number of nitriles is 1. The van der Waals surface area contributed by atoms with Crippen LogP contribution in [0.2, 0.25) is 0 Å². The van der Waals surface area contributed by atoms with E-state index in [-0.39, 0.29) is 10.0 Å². The predicted octanol–water partition coefficient (Wildman–Crippen LogP) is 0.172. The molecule has 0 saturated carbocycles. The van der Waals surface area contributed by atoms with E-state index in [0.717, 1.165) is 11.3 Å². The fourth-order valence-electron chi connectivity index (χ4n) is 1.22. The first-order valence-electron chi connectivity index (χ1n) is 4.78.